The summed E-state index contributed by atoms with van der Waals surface area (Å²) in [6.45, 7) is 4.08. The molecule has 6 heteroatoms. The van der Waals surface area contributed by atoms with Crippen LogP contribution in [-0.2, 0) is 16.0 Å². The third-order valence-electron chi connectivity index (χ3n) is 4.81. The number of nitrogens with zero attached hydrogens (tertiary/aromatic N) is 2. The van der Waals surface area contributed by atoms with Crippen molar-refractivity contribution in [2.24, 2.45) is 0 Å². The lowest BCUT2D eigenvalue weighted by molar-refractivity contribution is -0.120. The van der Waals surface area contributed by atoms with Crippen LogP contribution in [0.15, 0.2) is 42.5 Å². The highest BCUT2D eigenvalue weighted by molar-refractivity contribution is 6.30. The summed E-state index contributed by atoms with van der Waals surface area (Å²) in [5.74, 6) is 0.614. The van der Waals surface area contributed by atoms with E-state index in [1.54, 1.807) is 24.3 Å². The molecule has 0 N–H and O–H groups in total. The summed E-state index contributed by atoms with van der Waals surface area (Å²) in [5.41, 5.74) is 3.42. The van der Waals surface area contributed by atoms with E-state index in [-0.39, 0.29) is 12.5 Å². The fourth-order valence-corrected chi connectivity index (χ4v) is 3.55. The normalized spacial score (nSPS) is 16.5. The van der Waals surface area contributed by atoms with Gasteiger partial charge in [0.05, 0.1) is 13.2 Å². The van der Waals surface area contributed by atoms with Gasteiger partial charge in [0.2, 0.25) is 0 Å². The molecule has 2 aromatic rings. The van der Waals surface area contributed by atoms with E-state index in [1.807, 2.05) is 11.0 Å². The third kappa shape index (κ3) is 3.64. The van der Waals surface area contributed by atoms with Gasteiger partial charge in [0, 0.05) is 36.0 Å². The molecule has 4 rings (SSSR count). The van der Waals surface area contributed by atoms with Crippen LogP contribution in [0, 0.1) is 0 Å². The molecule has 2 aliphatic heterocycles. The second-order valence-corrected chi connectivity index (χ2v) is 6.89. The van der Waals surface area contributed by atoms with Crippen LogP contribution in [-0.4, -0.2) is 45.4 Å². The molecule has 0 aliphatic carbocycles. The van der Waals surface area contributed by atoms with Crippen molar-refractivity contribution in [2.45, 2.75) is 6.42 Å². The number of benzene rings is 2. The predicted octanol–water partition coefficient (Wildman–Crippen LogP) is 3.14. The van der Waals surface area contributed by atoms with Gasteiger partial charge in [0.15, 0.2) is 6.61 Å². The van der Waals surface area contributed by atoms with E-state index in [9.17, 15) is 4.79 Å². The van der Waals surface area contributed by atoms with Crippen LogP contribution in [0.1, 0.15) is 5.56 Å². The minimum atomic E-state index is -0.0298. The Bertz CT molecular complexity index is 788. The van der Waals surface area contributed by atoms with E-state index in [0.29, 0.717) is 17.3 Å². The van der Waals surface area contributed by atoms with Gasteiger partial charge in [-0.25, -0.2) is 0 Å². The number of hydrogen-bond acceptors (Lipinski definition) is 4. The van der Waals surface area contributed by atoms with E-state index >= 15 is 0 Å². The summed E-state index contributed by atoms with van der Waals surface area (Å²) in [5, 5.41) is 0.646. The van der Waals surface area contributed by atoms with Gasteiger partial charge in [-0.05, 0) is 54.4 Å². The zero-order chi connectivity index (χ0) is 17.9. The average Bonchev–Trinajstić information content (AvgIpc) is 3.11. The van der Waals surface area contributed by atoms with E-state index in [4.69, 9.17) is 21.1 Å². The Morgan fingerprint density at radius 1 is 1.08 bits per heavy atom. The fourth-order valence-electron chi connectivity index (χ4n) is 3.42. The molecule has 5 nitrogen and oxygen atoms in total. The number of morpholine rings is 1. The number of anilines is 2. The smallest absolute Gasteiger partial charge is 0.264 e. The van der Waals surface area contributed by atoms with Crippen molar-refractivity contribution < 1.29 is 14.3 Å². The summed E-state index contributed by atoms with van der Waals surface area (Å²) in [6, 6.07) is 13.4. The molecule has 26 heavy (non-hydrogen) atoms. The molecule has 136 valence electrons. The van der Waals surface area contributed by atoms with Crippen molar-refractivity contribution in [3.8, 4) is 5.75 Å². The van der Waals surface area contributed by atoms with Crippen LogP contribution in [0.2, 0.25) is 5.02 Å². The molecule has 2 aromatic carbocycles. The van der Waals surface area contributed by atoms with Gasteiger partial charge in [-0.15, -0.1) is 0 Å². The summed E-state index contributed by atoms with van der Waals surface area (Å²) in [6.07, 6.45) is 0.875. The Labute approximate surface area is 158 Å². The minimum absolute atomic E-state index is 0.0201. The highest BCUT2D eigenvalue weighted by Crippen LogP contribution is 2.32. The molecule has 1 saturated heterocycles. The van der Waals surface area contributed by atoms with Crippen LogP contribution in [0.5, 0.6) is 5.75 Å². The van der Waals surface area contributed by atoms with Crippen LogP contribution >= 0.6 is 11.6 Å². The summed E-state index contributed by atoms with van der Waals surface area (Å²) < 4.78 is 11.0. The zero-order valence-electron chi connectivity index (χ0n) is 14.5. The van der Waals surface area contributed by atoms with E-state index < -0.39 is 0 Å². The van der Waals surface area contributed by atoms with E-state index in [2.05, 4.69) is 17.0 Å². The maximum Gasteiger partial charge on any atom is 0.264 e. The second kappa shape index (κ2) is 7.56. The van der Waals surface area contributed by atoms with Gasteiger partial charge >= 0.3 is 0 Å². The Morgan fingerprint density at radius 2 is 1.85 bits per heavy atom. The first-order valence-electron chi connectivity index (χ1n) is 8.85. The van der Waals surface area contributed by atoms with Crippen molar-refractivity contribution in [3.63, 3.8) is 0 Å². The van der Waals surface area contributed by atoms with Gasteiger partial charge in [-0.3, -0.25) is 4.79 Å². The van der Waals surface area contributed by atoms with Crippen LogP contribution in [0.3, 0.4) is 0 Å². The summed E-state index contributed by atoms with van der Waals surface area (Å²) in [7, 11) is 0. The number of ether oxygens (including phenoxy) is 2. The van der Waals surface area contributed by atoms with Crippen molar-refractivity contribution in [1.82, 2.24) is 0 Å². The maximum absolute atomic E-state index is 12.6. The maximum atomic E-state index is 12.6. The molecule has 2 heterocycles. The van der Waals surface area contributed by atoms with E-state index in [1.165, 1.54) is 11.3 Å². The number of rotatable bonds is 4. The van der Waals surface area contributed by atoms with Crippen LogP contribution in [0.4, 0.5) is 11.4 Å². The zero-order valence-corrected chi connectivity index (χ0v) is 15.2. The summed E-state index contributed by atoms with van der Waals surface area (Å²) >= 11 is 5.86. The lowest BCUT2D eigenvalue weighted by Crippen LogP contribution is -2.36. The van der Waals surface area contributed by atoms with Crippen molar-refractivity contribution >= 4 is 28.9 Å². The van der Waals surface area contributed by atoms with Crippen molar-refractivity contribution in [2.75, 3.05) is 49.3 Å². The third-order valence-corrected chi connectivity index (χ3v) is 5.06. The SMILES string of the molecule is O=C(COc1ccc(Cl)cc1)N1CCc2cc(N3CCOCC3)ccc21. The summed E-state index contributed by atoms with van der Waals surface area (Å²) in [4.78, 5) is 16.7. The van der Waals surface area contributed by atoms with Gasteiger partial charge in [-0.1, -0.05) is 11.6 Å². The largest absolute Gasteiger partial charge is 0.484 e. The number of carbonyl (C=O) groups excluding carboxylic acids is 1. The Morgan fingerprint density at radius 3 is 2.62 bits per heavy atom. The molecule has 2 aliphatic rings. The number of fused-ring (bicyclic) bond motifs is 1. The number of carbonyl (C=O) groups is 1. The highest BCUT2D eigenvalue weighted by Gasteiger charge is 2.26. The Kier molecular flexibility index (Phi) is 5.00. The molecule has 0 saturated carbocycles. The molecular weight excluding hydrogens is 352 g/mol. The van der Waals surface area contributed by atoms with Crippen molar-refractivity contribution in [1.29, 1.82) is 0 Å². The van der Waals surface area contributed by atoms with E-state index in [0.717, 1.165) is 38.4 Å². The quantitative estimate of drug-likeness (QED) is 0.826. The minimum Gasteiger partial charge on any atom is -0.484 e. The van der Waals surface area contributed by atoms with Gasteiger partial charge in [0.1, 0.15) is 5.75 Å². The van der Waals surface area contributed by atoms with Gasteiger partial charge in [0.25, 0.3) is 5.91 Å². The Balaban J connectivity index is 1.41. The molecular formula is C20H21ClN2O3. The molecule has 0 radical (unpaired) electrons. The van der Waals surface area contributed by atoms with Crippen LogP contribution in [0.25, 0.3) is 0 Å². The molecule has 1 fully saturated rings. The van der Waals surface area contributed by atoms with Gasteiger partial charge < -0.3 is 19.3 Å². The number of hydrogen-bond donors (Lipinski definition) is 0. The first-order chi connectivity index (χ1) is 12.7. The molecule has 0 atom stereocenters. The molecule has 1 amide bonds. The first-order valence-corrected chi connectivity index (χ1v) is 9.23. The number of amides is 1. The molecule has 0 aromatic heterocycles. The molecule has 0 unspecified atom stereocenters. The Hall–Kier alpha value is -2.24. The first kappa shape index (κ1) is 17.2. The lowest BCUT2D eigenvalue weighted by Gasteiger charge is -2.29. The second-order valence-electron chi connectivity index (χ2n) is 6.45. The lowest BCUT2D eigenvalue weighted by atomic mass is 10.1. The van der Waals surface area contributed by atoms with Crippen molar-refractivity contribution in [3.05, 3.63) is 53.1 Å². The molecule has 0 bridgehead atoms. The molecule has 0 spiro atoms. The monoisotopic (exact) mass is 372 g/mol. The number of halogens is 1. The highest BCUT2D eigenvalue weighted by atomic mass is 35.5. The average molecular weight is 373 g/mol. The van der Waals surface area contributed by atoms with Crippen LogP contribution < -0.4 is 14.5 Å². The topological polar surface area (TPSA) is 42.0 Å². The van der Waals surface area contributed by atoms with Gasteiger partial charge in [-0.2, -0.15) is 0 Å². The predicted molar refractivity (Wildman–Crippen MR) is 102 cm³/mol. The standard InChI is InChI=1S/C20H21ClN2O3/c21-16-1-4-18(5-2-16)26-14-20(24)23-8-7-15-13-17(3-6-19(15)23)22-9-11-25-12-10-22/h1-6,13H,7-12,14H2. The fraction of sp³-hybridized carbons (Fsp3) is 0.350.